The lowest BCUT2D eigenvalue weighted by Gasteiger charge is -2.16. The fraction of sp³-hybridized carbons (Fsp3) is 0.125. The highest BCUT2D eigenvalue weighted by atomic mass is 19.4. The summed E-state index contributed by atoms with van der Waals surface area (Å²) in [5.41, 5.74) is -0.363. The Labute approximate surface area is 186 Å². The van der Waals surface area contributed by atoms with E-state index in [-0.39, 0.29) is 24.3 Å². The highest BCUT2D eigenvalue weighted by molar-refractivity contribution is 5.87. The van der Waals surface area contributed by atoms with Crippen LogP contribution in [-0.2, 0) is 17.4 Å². The third kappa shape index (κ3) is 5.38. The lowest BCUT2D eigenvalue weighted by molar-refractivity contribution is -0.139. The fourth-order valence-electron chi connectivity index (χ4n) is 3.24. The van der Waals surface area contributed by atoms with Gasteiger partial charge in [-0.1, -0.05) is 24.3 Å². The molecule has 0 aliphatic carbocycles. The maximum Gasteiger partial charge on any atom is 0.420 e. The summed E-state index contributed by atoms with van der Waals surface area (Å²) in [6, 6.07) is 14.9. The molecule has 0 fully saturated rings. The van der Waals surface area contributed by atoms with Gasteiger partial charge in [0.2, 0.25) is 0 Å². The number of nitrogens with zero attached hydrogens (tertiary/aromatic N) is 2. The quantitative estimate of drug-likeness (QED) is 0.355. The maximum absolute atomic E-state index is 13.8. The summed E-state index contributed by atoms with van der Waals surface area (Å²) in [5.74, 6) is -0.863. The molecule has 1 heterocycles. The van der Waals surface area contributed by atoms with Gasteiger partial charge >= 0.3 is 12.1 Å². The van der Waals surface area contributed by atoms with Crippen molar-refractivity contribution in [3.05, 3.63) is 84.2 Å². The molecule has 0 radical (unpaired) electrons. The first-order chi connectivity index (χ1) is 15.8. The number of hydrogen-bond acceptors (Lipinski definition) is 5. The van der Waals surface area contributed by atoms with Gasteiger partial charge in [-0.05, 0) is 48.4 Å². The Hall–Kier alpha value is -4.14. The molecule has 4 rings (SSSR count). The molecular formula is C24H17F3N2O4. The molecule has 1 aromatic heterocycles. The smallest absolute Gasteiger partial charge is 0.420 e. The van der Waals surface area contributed by atoms with Crippen molar-refractivity contribution < 1.29 is 32.5 Å². The lowest BCUT2D eigenvalue weighted by Crippen LogP contribution is -2.07. The molecule has 9 heteroatoms. The normalized spacial score (nSPS) is 11.4. The number of rotatable bonds is 7. The van der Waals surface area contributed by atoms with Crippen molar-refractivity contribution in [1.29, 1.82) is 0 Å². The Balaban J connectivity index is 1.63. The second-order valence-electron chi connectivity index (χ2n) is 7.15. The number of carbonyl (C=O) groups is 1. The second kappa shape index (κ2) is 9.15. The van der Waals surface area contributed by atoms with Crippen molar-refractivity contribution in [3.63, 3.8) is 0 Å². The zero-order chi connectivity index (χ0) is 23.4. The van der Waals surface area contributed by atoms with Crippen LogP contribution in [0, 0.1) is 0 Å². The molecule has 168 valence electrons. The molecule has 0 saturated heterocycles. The number of fused-ring (bicyclic) bond motifs is 1. The van der Waals surface area contributed by atoms with Gasteiger partial charge in [0.25, 0.3) is 0 Å². The number of carboxylic acids is 1. The number of halogens is 3. The molecule has 3 aromatic carbocycles. The number of benzene rings is 3. The van der Waals surface area contributed by atoms with Crippen LogP contribution in [-0.4, -0.2) is 21.3 Å². The minimum Gasteiger partial charge on any atom is -0.481 e. The maximum atomic E-state index is 13.8. The molecule has 6 nitrogen and oxygen atoms in total. The topological polar surface area (TPSA) is 81.5 Å². The van der Waals surface area contributed by atoms with E-state index >= 15 is 0 Å². The molecule has 0 spiro atoms. The first kappa shape index (κ1) is 22.1. The second-order valence-corrected chi connectivity index (χ2v) is 7.15. The van der Waals surface area contributed by atoms with Crippen molar-refractivity contribution in [2.75, 3.05) is 0 Å². The molecule has 4 aromatic rings. The van der Waals surface area contributed by atoms with Gasteiger partial charge in [-0.2, -0.15) is 23.4 Å². The Morgan fingerprint density at radius 2 is 1.61 bits per heavy atom. The summed E-state index contributed by atoms with van der Waals surface area (Å²) in [7, 11) is 0. The highest BCUT2D eigenvalue weighted by Crippen LogP contribution is 2.41. The van der Waals surface area contributed by atoms with Crippen LogP contribution in [0.2, 0.25) is 0 Å². The summed E-state index contributed by atoms with van der Waals surface area (Å²) in [6.45, 7) is 0. The monoisotopic (exact) mass is 454 g/mol. The van der Waals surface area contributed by atoms with E-state index in [0.29, 0.717) is 16.7 Å². The molecule has 0 saturated carbocycles. The molecule has 0 amide bonds. The third-order valence-corrected chi connectivity index (χ3v) is 4.79. The van der Waals surface area contributed by atoms with E-state index in [4.69, 9.17) is 14.6 Å². The van der Waals surface area contributed by atoms with E-state index in [2.05, 4.69) is 10.2 Å². The van der Waals surface area contributed by atoms with E-state index in [0.717, 1.165) is 11.5 Å². The highest BCUT2D eigenvalue weighted by Gasteiger charge is 2.35. The average molecular weight is 454 g/mol. The van der Waals surface area contributed by atoms with Gasteiger partial charge in [0.05, 0.1) is 12.4 Å². The number of alkyl halides is 3. The predicted molar refractivity (Wildman–Crippen MR) is 114 cm³/mol. The molecule has 0 aliphatic heterocycles. The van der Waals surface area contributed by atoms with Gasteiger partial charge in [0, 0.05) is 17.2 Å². The van der Waals surface area contributed by atoms with E-state index < -0.39 is 23.5 Å². The minimum absolute atomic E-state index is 0.0193. The van der Waals surface area contributed by atoms with Gasteiger partial charge in [-0.3, -0.25) is 4.79 Å². The molecule has 33 heavy (non-hydrogen) atoms. The number of ether oxygens (including phenoxy) is 2. The number of carboxylic acid groups (broad SMARTS) is 1. The standard InChI is InChI=1S/C24H17F3N2O4/c25-24(26,27)20-12-18(32-21-6-2-4-16-13-28-29-14-19(16)21)8-9-22(20)33-17-5-1-3-15(11-17)7-10-23(30)31/h1-6,8-9,11-14H,7,10H2,(H,30,31). The Kier molecular flexibility index (Phi) is 6.12. The molecule has 0 aliphatic rings. The van der Waals surface area contributed by atoms with Crippen LogP contribution in [0.3, 0.4) is 0 Å². The number of aromatic nitrogens is 2. The SMILES string of the molecule is O=C(O)CCc1cccc(Oc2ccc(Oc3cccc4cnncc34)cc2C(F)(F)F)c1. The van der Waals surface area contributed by atoms with Crippen LogP contribution in [0.25, 0.3) is 10.8 Å². The average Bonchev–Trinajstić information content (AvgIpc) is 2.78. The van der Waals surface area contributed by atoms with E-state index in [1.54, 1.807) is 30.3 Å². The molecular weight excluding hydrogens is 437 g/mol. The lowest BCUT2D eigenvalue weighted by atomic mass is 10.1. The van der Waals surface area contributed by atoms with Gasteiger partial charge in [0.1, 0.15) is 28.6 Å². The van der Waals surface area contributed by atoms with Crippen LogP contribution in [0.15, 0.2) is 73.1 Å². The van der Waals surface area contributed by atoms with Gasteiger partial charge in [0.15, 0.2) is 0 Å². The third-order valence-electron chi connectivity index (χ3n) is 4.79. The first-order valence-electron chi connectivity index (χ1n) is 9.87. The zero-order valence-electron chi connectivity index (χ0n) is 17.0. The van der Waals surface area contributed by atoms with Crippen molar-refractivity contribution in [2.24, 2.45) is 0 Å². The Morgan fingerprint density at radius 1 is 0.879 bits per heavy atom. The summed E-state index contributed by atoms with van der Waals surface area (Å²) in [6.07, 6.45) is -1.54. The van der Waals surface area contributed by atoms with Crippen molar-refractivity contribution in [3.8, 4) is 23.0 Å². The van der Waals surface area contributed by atoms with Crippen molar-refractivity contribution in [1.82, 2.24) is 10.2 Å². The van der Waals surface area contributed by atoms with E-state index in [9.17, 15) is 18.0 Å². The Bertz CT molecular complexity index is 1300. The number of aryl methyl sites for hydroxylation is 1. The summed E-state index contributed by atoms with van der Waals surface area (Å²) < 4.78 is 52.6. The molecule has 0 unspecified atom stereocenters. The van der Waals surface area contributed by atoms with E-state index in [1.165, 1.54) is 36.7 Å². The van der Waals surface area contributed by atoms with Crippen LogP contribution >= 0.6 is 0 Å². The summed E-state index contributed by atoms with van der Waals surface area (Å²) >= 11 is 0. The molecule has 1 N–H and O–H groups in total. The first-order valence-corrected chi connectivity index (χ1v) is 9.87. The van der Waals surface area contributed by atoms with Crippen LogP contribution in [0.4, 0.5) is 13.2 Å². The van der Waals surface area contributed by atoms with Gasteiger partial charge < -0.3 is 14.6 Å². The minimum atomic E-state index is -4.69. The van der Waals surface area contributed by atoms with Gasteiger partial charge in [-0.25, -0.2) is 0 Å². The zero-order valence-corrected chi connectivity index (χ0v) is 17.0. The van der Waals surface area contributed by atoms with Gasteiger partial charge in [-0.15, -0.1) is 0 Å². The summed E-state index contributed by atoms with van der Waals surface area (Å²) in [4.78, 5) is 10.8. The van der Waals surface area contributed by atoms with Crippen molar-refractivity contribution in [2.45, 2.75) is 19.0 Å². The van der Waals surface area contributed by atoms with Crippen molar-refractivity contribution >= 4 is 16.7 Å². The Morgan fingerprint density at radius 3 is 2.39 bits per heavy atom. The fourth-order valence-corrected chi connectivity index (χ4v) is 3.24. The molecule has 0 atom stereocenters. The largest absolute Gasteiger partial charge is 0.481 e. The predicted octanol–water partition coefficient (Wildman–Crippen LogP) is 6.25. The summed E-state index contributed by atoms with van der Waals surface area (Å²) in [5, 5.41) is 17.8. The van der Waals surface area contributed by atoms with E-state index in [1.807, 2.05) is 0 Å². The molecule has 0 bridgehead atoms. The number of aliphatic carboxylic acids is 1. The van der Waals surface area contributed by atoms with Crippen LogP contribution in [0.1, 0.15) is 17.5 Å². The number of hydrogen-bond donors (Lipinski definition) is 1. The van der Waals surface area contributed by atoms with Crippen LogP contribution in [0.5, 0.6) is 23.0 Å². The van der Waals surface area contributed by atoms with Crippen LogP contribution < -0.4 is 9.47 Å².